The van der Waals surface area contributed by atoms with Gasteiger partial charge in [0.25, 0.3) is 0 Å². The lowest BCUT2D eigenvalue weighted by molar-refractivity contribution is 0.324. The van der Waals surface area contributed by atoms with Gasteiger partial charge in [-0.15, -0.1) is 0 Å². The van der Waals surface area contributed by atoms with Gasteiger partial charge in [0.05, 0.1) is 17.1 Å². The van der Waals surface area contributed by atoms with Gasteiger partial charge >= 0.3 is 0 Å². The summed E-state index contributed by atoms with van der Waals surface area (Å²) < 4.78 is 0. The SMILES string of the molecule is C.CN(C)c1nc(NC2CCC(CNCc3ccccc3C#N)CC2)nc2ccccc12. The number of hydrogen-bond donors (Lipinski definition) is 2. The maximum atomic E-state index is 9.23. The van der Waals surface area contributed by atoms with Crippen molar-refractivity contribution in [1.82, 2.24) is 15.3 Å². The summed E-state index contributed by atoms with van der Waals surface area (Å²) in [5.74, 6) is 2.34. The van der Waals surface area contributed by atoms with Crippen LogP contribution in [0.5, 0.6) is 0 Å². The summed E-state index contributed by atoms with van der Waals surface area (Å²) >= 11 is 0. The quantitative estimate of drug-likeness (QED) is 0.551. The highest BCUT2D eigenvalue weighted by Crippen LogP contribution is 2.28. The van der Waals surface area contributed by atoms with Crippen molar-refractivity contribution in [3.63, 3.8) is 0 Å². The van der Waals surface area contributed by atoms with E-state index in [-0.39, 0.29) is 7.43 Å². The number of aromatic nitrogens is 2. The monoisotopic (exact) mass is 430 g/mol. The molecule has 1 fully saturated rings. The number of rotatable bonds is 7. The predicted molar refractivity (Wildman–Crippen MR) is 133 cm³/mol. The normalized spacial score (nSPS) is 17.9. The molecule has 0 amide bonds. The molecule has 1 aromatic heterocycles. The molecule has 0 bridgehead atoms. The first-order valence-corrected chi connectivity index (χ1v) is 11.0. The van der Waals surface area contributed by atoms with Crippen molar-refractivity contribution < 1.29 is 0 Å². The van der Waals surface area contributed by atoms with Crippen LogP contribution in [0.15, 0.2) is 48.5 Å². The molecule has 4 rings (SSSR count). The third-order valence-corrected chi connectivity index (χ3v) is 6.07. The molecule has 1 heterocycles. The zero-order valence-corrected chi connectivity index (χ0v) is 18.3. The van der Waals surface area contributed by atoms with Gasteiger partial charge in [0.1, 0.15) is 5.82 Å². The molecule has 6 nitrogen and oxygen atoms in total. The lowest BCUT2D eigenvalue weighted by Gasteiger charge is -2.29. The van der Waals surface area contributed by atoms with E-state index in [9.17, 15) is 5.26 Å². The fourth-order valence-corrected chi connectivity index (χ4v) is 4.35. The van der Waals surface area contributed by atoms with Crippen molar-refractivity contribution in [2.45, 2.75) is 45.7 Å². The second-order valence-electron chi connectivity index (χ2n) is 8.54. The van der Waals surface area contributed by atoms with Gasteiger partial charge in [0.2, 0.25) is 5.95 Å². The molecule has 2 aromatic carbocycles. The van der Waals surface area contributed by atoms with E-state index in [1.165, 1.54) is 12.8 Å². The Labute approximate surface area is 191 Å². The van der Waals surface area contributed by atoms with E-state index in [2.05, 4.69) is 22.8 Å². The zero-order chi connectivity index (χ0) is 21.6. The van der Waals surface area contributed by atoms with Crippen LogP contribution in [0.2, 0.25) is 0 Å². The summed E-state index contributed by atoms with van der Waals surface area (Å²) in [5, 5.41) is 17.4. The average Bonchev–Trinajstić information content (AvgIpc) is 2.80. The second-order valence-corrected chi connectivity index (χ2v) is 8.54. The van der Waals surface area contributed by atoms with Crippen LogP contribution in [-0.4, -0.2) is 36.6 Å². The van der Waals surface area contributed by atoms with Crippen LogP contribution in [0.4, 0.5) is 11.8 Å². The fraction of sp³-hybridized carbons (Fsp3) is 0.423. The molecule has 6 heteroatoms. The van der Waals surface area contributed by atoms with Crippen molar-refractivity contribution in [3.8, 4) is 6.07 Å². The number of nitrogens with zero attached hydrogens (tertiary/aromatic N) is 4. The van der Waals surface area contributed by atoms with Crippen molar-refractivity contribution in [1.29, 1.82) is 5.26 Å². The molecule has 1 aliphatic carbocycles. The summed E-state index contributed by atoms with van der Waals surface area (Å²) in [6.45, 7) is 1.74. The Balaban J connectivity index is 0.00000289. The number of hydrogen-bond acceptors (Lipinski definition) is 6. The Kier molecular flexibility index (Phi) is 8.02. The zero-order valence-electron chi connectivity index (χ0n) is 18.3. The fourth-order valence-electron chi connectivity index (χ4n) is 4.35. The van der Waals surface area contributed by atoms with E-state index in [1.54, 1.807) is 0 Å². The molecule has 0 saturated heterocycles. The lowest BCUT2D eigenvalue weighted by atomic mass is 9.86. The summed E-state index contributed by atoms with van der Waals surface area (Å²) in [7, 11) is 4.04. The van der Waals surface area contributed by atoms with E-state index in [4.69, 9.17) is 9.97 Å². The molecule has 0 spiro atoms. The van der Waals surface area contributed by atoms with Crippen LogP contribution in [0, 0.1) is 17.2 Å². The highest BCUT2D eigenvalue weighted by molar-refractivity contribution is 5.90. The van der Waals surface area contributed by atoms with Crippen molar-refractivity contribution in [2.24, 2.45) is 5.92 Å². The number of anilines is 2. The van der Waals surface area contributed by atoms with E-state index in [0.717, 1.165) is 59.7 Å². The van der Waals surface area contributed by atoms with E-state index in [1.807, 2.05) is 61.5 Å². The Morgan fingerprint density at radius 2 is 1.72 bits per heavy atom. The molecule has 1 aliphatic rings. The predicted octanol–water partition coefficient (Wildman–Crippen LogP) is 4.96. The largest absolute Gasteiger partial charge is 0.362 e. The van der Waals surface area contributed by atoms with E-state index in [0.29, 0.717) is 12.0 Å². The highest BCUT2D eigenvalue weighted by Gasteiger charge is 2.22. The van der Waals surface area contributed by atoms with Crippen LogP contribution in [0.3, 0.4) is 0 Å². The molecule has 0 atom stereocenters. The van der Waals surface area contributed by atoms with Gasteiger partial charge in [-0.05, 0) is 61.9 Å². The van der Waals surface area contributed by atoms with Crippen molar-refractivity contribution in [3.05, 3.63) is 59.7 Å². The van der Waals surface area contributed by atoms with Gasteiger partial charge in [-0.25, -0.2) is 4.98 Å². The Hall–Kier alpha value is -3.17. The van der Waals surface area contributed by atoms with E-state index < -0.39 is 0 Å². The number of benzene rings is 2. The Morgan fingerprint density at radius 1 is 1.00 bits per heavy atom. The highest BCUT2D eigenvalue weighted by atomic mass is 15.2. The van der Waals surface area contributed by atoms with Gasteiger partial charge < -0.3 is 15.5 Å². The molecule has 3 aromatic rings. The summed E-state index contributed by atoms with van der Waals surface area (Å²) in [5.41, 5.74) is 2.81. The van der Waals surface area contributed by atoms with Crippen molar-refractivity contribution >= 4 is 22.7 Å². The van der Waals surface area contributed by atoms with Crippen LogP contribution < -0.4 is 15.5 Å². The molecule has 0 radical (unpaired) electrons. The molecule has 2 N–H and O–H groups in total. The maximum Gasteiger partial charge on any atom is 0.225 e. The van der Waals surface area contributed by atoms with Gasteiger partial charge in [-0.2, -0.15) is 10.2 Å². The van der Waals surface area contributed by atoms with Crippen LogP contribution in [0.1, 0.15) is 44.2 Å². The van der Waals surface area contributed by atoms with Gasteiger partial charge in [-0.3, -0.25) is 0 Å². The third kappa shape index (κ3) is 5.54. The maximum absolute atomic E-state index is 9.23. The van der Waals surface area contributed by atoms with E-state index >= 15 is 0 Å². The topological polar surface area (TPSA) is 76.9 Å². The summed E-state index contributed by atoms with van der Waals surface area (Å²) in [6, 6.07) is 18.7. The first kappa shape index (κ1) is 23.5. The minimum atomic E-state index is 0. The first-order chi connectivity index (χ1) is 15.1. The van der Waals surface area contributed by atoms with Crippen LogP contribution in [0.25, 0.3) is 10.9 Å². The van der Waals surface area contributed by atoms with Crippen molar-refractivity contribution in [2.75, 3.05) is 30.9 Å². The molecule has 168 valence electrons. The number of fused-ring (bicyclic) bond motifs is 1. The second kappa shape index (κ2) is 10.9. The minimum absolute atomic E-state index is 0. The molecule has 0 unspecified atom stereocenters. The van der Waals surface area contributed by atoms with Crippen LogP contribution in [-0.2, 0) is 6.54 Å². The Bertz CT molecular complexity index is 1060. The first-order valence-electron chi connectivity index (χ1n) is 11.0. The minimum Gasteiger partial charge on any atom is -0.362 e. The summed E-state index contributed by atoms with van der Waals surface area (Å²) in [6.07, 6.45) is 4.60. The van der Waals surface area contributed by atoms with Gasteiger partial charge in [-0.1, -0.05) is 37.8 Å². The number of nitriles is 1. The molecular formula is C26H34N6. The Morgan fingerprint density at radius 3 is 2.47 bits per heavy atom. The smallest absolute Gasteiger partial charge is 0.225 e. The summed E-state index contributed by atoms with van der Waals surface area (Å²) in [4.78, 5) is 11.6. The number of para-hydroxylation sites is 1. The molecular weight excluding hydrogens is 396 g/mol. The average molecular weight is 431 g/mol. The lowest BCUT2D eigenvalue weighted by Crippen LogP contribution is -2.31. The standard InChI is InChI=1S/C25H30N6.CH4/c1-31(2)24-22-9-5-6-10-23(22)29-25(30-24)28-21-13-11-18(12-14-21)16-27-17-20-8-4-3-7-19(20)15-26;/h3-10,18,21,27H,11-14,16-17H2,1-2H3,(H,28,29,30);1H4. The molecule has 1 saturated carbocycles. The molecule has 0 aliphatic heterocycles. The number of nitrogens with one attached hydrogen (secondary N) is 2. The van der Waals surface area contributed by atoms with Gasteiger partial charge in [0.15, 0.2) is 0 Å². The van der Waals surface area contributed by atoms with Crippen LogP contribution >= 0.6 is 0 Å². The molecule has 32 heavy (non-hydrogen) atoms. The third-order valence-electron chi connectivity index (χ3n) is 6.07. The van der Waals surface area contributed by atoms with Gasteiger partial charge in [0, 0.05) is 32.1 Å².